The van der Waals surface area contributed by atoms with Gasteiger partial charge in [0, 0.05) is 0 Å². The van der Waals surface area contributed by atoms with Gasteiger partial charge in [-0.25, -0.2) is 19.2 Å². The summed E-state index contributed by atoms with van der Waals surface area (Å²) in [5.41, 5.74) is 0.285. The number of carbonyl (C=O) groups is 4. The van der Waals surface area contributed by atoms with Crippen LogP contribution < -0.4 is 0 Å². The predicted molar refractivity (Wildman–Crippen MR) is 109 cm³/mol. The number of nitrogens with zero attached hydrogens (tertiary/aromatic N) is 1. The van der Waals surface area contributed by atoms with Crippen LogP contribution in [-0.2, 0) is 49.6 Å². The lowest BCUT2D eigenvalue weighted by atomic mass is 10.0. The van der Waals surface area contributed by atoms with Gasteiger partial charge in [0.05, 0.1) is 6.21 Å². The van der Waals surface area contributed by atoms with Gasteiger partial charge in [-0.15, -0.1) is 0 Å². The number of esters is 4. The van der Waals surface area contributed by atoms with E-state index in [1.807, 2.05) is 0 Å². The van der Waals surface area contributed by atoms with Crippen LogP contribution in [0.1, 0.15) is 12.5 Å². The Kier molecular flexibility index (Phi) is 12.2. The summed E-state index contributed by atoms with van der Waals surface area (Å²) in [6.45, 7) is -0.408. The minimum absolute atomic E-state index is 0.151. The van der Waals surface area contributed by atoms with Crippen LogP contribution in [-0.4, -0.2) is 79.2 Å². The summed E-state index contributed by atoms with van der Waals surface area (Å²) in [5, 5.41) is 2.97. The predicted octanol–water partition coefficient (Wildman–Crippen LogP) is 4.11. The van der Waals surface area contributed by atoms with Crippen molar-refractivity contribution in [3.63, 3.8) is 0 Å². The molecule has 1 aromatic carbocycles. The van der Waals surface area contributed by atoms with E-state index in [1.54, 1.807) is 0 Å². The van der Waals surface area contributed by atoms with Gasteiger partial charge in [-0.2, -0.15) is 52.7 Å². The monoisotopic (exact) mass is 653 g/mol. The van der Waals surface area contributed by atoms with Crippen LogP contribution in [0.2, 0.25) is 0 Å². The second kappa shape index (κ2) is 14.3. The number of ether oxygens (including phenoxy) is 4. The van der Waals surface area contributed by atoms with Crippen molar-refractivity contribution in [1.29, 1.82) is 0 Å². The topological polar surface area (TPSA) is 127 Å². The molecule has 0 fully saturated rings. The van der Waals surface area contributed by atoms with Crippen LogP contribution in [0.5, 0.6) is 0 Å². The maximum atomic E-state index is 13.0. The molecule has 0 bridgehead atoms. The van der Waals surface area contributed by atoms with Crippen molar-refractivity contribution in [3.8, 4) is 0 Å². The summed E-state index contributed by atoms with van der Waals surface area (Å²) in [4.78, 5) is 50.3. The highest BCUT2D eigenvalue weighted by Gasteiger charge is 2.54. The first-order chi connectivity index (χ1) is 19.4. The number of alkyl halides is 12. The first-order valence-electron chi connectivity index (χ1n) is 10.7. The normalized spacial score (nSPS) is 15.6. The van der Waals surface area contributed by atoms with Crippen molar-refractivity contribution >= 4 is 30.1 Å². The Morgan fingerprint density at radius 3 is 1.49 bits per heavy atom. The summed E-state index contributed by atoms with van der Waals surface area (Å²) < 4.78 is 169. The molecule has 0 N–H and O–H groups in total. The molecule has 0 aliphatic rings. The van der Waals surface area contributed by atoms with E-state index in [9.17, 15) is 71.9 Å². The lowest BCUT2D eigenvalue weighted by Crippen LogP contribution is -2.54. The molecule has 0 aliphatic heterocycles. The third-order valence-electron chi connectivity index (χ3n) is 4.41. The van der Waals surface area contributed by atoms with Gasteiger partial charge in [0.15, 0.2) is 18.3 Å². The summed E-state index contributed by atoms with van der Waals surface area (Å²) in [6, 6.07) is 7.19. The zero-order valence-electron chi connectivity index (χ0n) is 20.6. The Hall–Kier alpha value is -4.27. The van der Waals surface area contributed by atoms with Crippen molar-refractivity contribution in [2.75, 3.05) is 0 Å². The molecule has 0 aliphatic carbocycles. The quantitative estimate of drug-likeness (QED) is 0.114. The molecule has 43 heavy (non-hydrogen) atoms. The third-order valence-corrected chi connectivity index (χ3v) is 4.41. The standard InChI is InChI=1S/C21H15F12NO9/c1-9(40-14(35)18(22,23)24)12(42-16(37)20(28,29)30)13(43-17(38)21(31,32)33)11(41-15(36)19(25,26)27)7-34-39-8-10-5-3-2-4-6-10/h2-7,9,11-13H,8H2,1H3/b34-7-. The fourth-order valence-electron chi connectivity index (χ4n) is 2.60. The van der Waals surface area contributed by atoms with Crippen molar-refractivity contribution in [2.24, 2.45) is 5.16 Å². The molecular weight excluding hydrogens is 638 g/mol. The first kappa shape index (κ1) is 36.8. The number of hydrogen-bond donors (Lipinski definition) is 0. The van der Waals surface area contributed by atoms with Gasteiger partial charge in [-0.05, 0) is 12.5 Å². The molecular formula is C21H15F12NO9. The molecule has 10 nitrogen and oxygen atoms in total. The first-order valence-corrected chi connectivity index (χ1v) is 10.7. The molecule has 1 rings (SSSR count). The van der Waals surface area contributed by atoms with E-state index in [0.29, 0.717) is 0 Å². The highest BCUT2D eigenvalue weighted by Crippen LogP contribution is 2.29. The Labute approximate surface area is 230 Å². The third kappa shape index (κ3) is 12.2. The average molecular weight is 653 g/mol. The molecule has 0 spiro atoms. The Morgan fingerprint density at radius 2 is 1.05 bits per heavy atom. The molecule has 0 heterocycles. The van der Waals surface area contributed by atoms with E-state index < -0.39 is 79.6 Å². The molecule has 4 atom stereocenters. The molecule has 0 amide bonds. The Morgan fingerprint density at radius 1 is 0.651 bits per heavy atom. The molecule has 0 saturated heterocycles. The van der Waals surface area contributed by atoms with Crippen LogP contribution in [0.3, 0.4) is 0 Å². The summed E-state index contributed by atoms with van der Waals surface area (Å²) in [7, 11) is 0. The number of benzene rings is 1. The summed E-state index contributed by atoms with van der Waals surface area (Å²) in [6.07, 6.45) is -37.6. The lowest BCUT2D eigenvalue weighted by molar-refractivity contribution is -0.242. The van der Waals surface area contributed by atoms with Crippen molar-refractivity contribution < 1.29 is 95.6 Å². The molecule has 0 saturated carbocycles. The van der Waals surface area contributed by atoms with E-state index in [2.05, 4.69) is 28.9 Å². The molecule has 22 heteroatoms. The van der Waals surface area contributed by atoms with Crippen LogP contribution >= 0.6 is 0 Å². The smallest absolute Gasteiger partial charge is 0.452 e. The molecule has 1 aromatic rings. The van der Waals surface area contributed by atoms with Gasteiger partial charge >= 0.3 is 48.6 Å². The second-order valence-corrected chi connectivity index (χ2v) is 7.72. The number of oxime groups is 1. The van der Waals surface area contributed by atoms with Crippen molar-refractivity contribution in [1.82, 2.24) is 0 Å². The number of rotatable bonds is 11. The SMILES string of the molecule is CC(OC(=O)C(F)(F)F)C(OC(=O)C(F)(F)F)C(OC(=O)C(F)(F)F)C(/C=N\OCc1ccccc1)OC(=O)C(F)(F)F. The van der Waals surface area contributed by atoms with Crippen LogP contribution in [0, 0.1) is 0 Å². The number of halogens is 12. The van der Waals surface area contributed by atoms with Gasteiger partial charge in [-0.3, -0.25) is 0 Å². The zero-order valence-corrected chi connectivity index (χ0v) is 20.6. The van der Waals surface area contributed by atoms with Gasteiger partial charge in [0.1, 0.15) is 12.7 Å². The van der Waals surface area contributed by atoms with E-state index in [-0.39, 0.29) is 18.7 Å². The Balaban J connectivity index is 3.70. The Bertz CT molecular complexity index is 1150. The van der Waals surface area contributed by atoms with E-state index >= 15 is 0 Å². The number of hydrogen-bond acceptors (Lipinski definition) is 10. The summed E-state index contributed by atoms with van der Waals surface area (Å²) in [5.74, 6) is -13.5. The van der Waals surface area contributed by atoms with E-state index in [4.69, 9.17) is 0 Å². The van der Waals surface area contributed by atoms with Crippen LogP contribution in [0.25, 0.3) is 0 Å². The maximum Gasteiger partial charge on any atom is 0.490 e. The minimum atomic E-state index is -6.11. The fourth-order valence-corrected chi connectivity index (χ4v) is 2.60. The van der Waals surface area contributed by atoms with E-state index in [1.165, 1.54) is 30.3 Å². The fraction of sp³-hybridized carbons (Fsp3) is 0.476. The van der Waals surface area contributed by atoms with Gasteiger partial charge < -0.3 is 23.8 Å². The molecule has 242 valence electrons. The number of carbonyl (C=O) groups excluding carboxylic acids is 4. The van der Waals surface area contributed by atoms with E-state index in [0.717, 1.165) is 0 Å². The van der Waals surface area contributed by atoms with Gasteiger partial charge in [0.25, 0.3) is 0 Å². The van der Waals surface area contributed by atoms with Crippen molar-refractivity contribution in [3.05, 3.63) is 35.9 Å². The zero-order chi connectivity index (χ0) is 33.4. The minimum Gasteiger partial charge on any atom is -0.452 e. The largest absolute Gasteiger partial charge is 0.490 e. The van der Waals surface area contributed by atoms with Crippen LogP contribution in [0.4, 0.5) is 52.7 Å². The lowest BCUT2D eigenvalue weighted by Gasteiger charge is -2.34. The summed E-state index contributed by atoms with van der Waals surface area (Å²) >= 11 is 0. The average Bonchev–Trinajstić information content (AvgIpc) is 2.85. The molecule has 4 unspecified atom stereocenters. The van der Waals surface area contributed by atoms with Gasteiger partial charge in [-0.1, -0.05) is 35.5 Å². The highest BCUT2D eigenvalue weighted by molar-refractivity contribution is 5.80. The molecule has 0 aromatic heterocycles. The van der Waals surface area contributed by atoms with Gasteiger partial charge in [0.2, 0.25) is 0 Å². The highest BCUT2D eigenvalue weighted by atomic mass is 19.4. The van der Waals surface area contributed by atoms with Crippen molar-refractivity contribution in [2.45, 2.75) is 62.7 Å². The maximum absolute atomic E-state index is 13.0. The molecule has 0 radical (unpaired) electrons. The second-order valence-electron chi connectivity index (χ2n) is 7.72. The van der Waals surface area contributed by atoms with Crippen LogP contribution in [0.15, 0.2) is 35.5 Å².